The number of aliphatic hydroxyl groups excluding tert-OH is 1. The lowest BCUT2D eigenvalue weighted by Gasteiger charge is -2.27. The summed E-state index contributed by atoms with van der Waals surface area (Å²) in [4.78, 5) is 13.3. The van der Waals surface area contributed by atoms with Crippen molar-refractivity contribution in [2.45, 2.75) is 51.7 Å². The minimum atomic E-state index is -0.282. The summed E-state index contributed by atoms with van der Waals surface area (Å²) in [6, 6.07) is 6.51. The number of Topliss-reactive ketones (excluding diaryl/α,β-unsaturated/α-hetero) is 1. The molecule has 1 unspecified atom stereocenters. The normalized spacial score (nSPS) is 37.0. The van der Waals surface area contributed by atoms with Gasteiger partial charge in [0.2, 0.25) is 0 Å². The van der Waals surface area contributed by atoms with Crippen LogP contribution in [0.2, 0.25) is 0 Å². The molecule has 0 saturated carbocycles. The Hall–Kier alpha value is -2.20. The summed E-state index contributed by atoms with van der Waals surface area (Å²) in [6.07, 6.45) is 3.39. The molecule has 4 heteroatoms. The molecular weight excluding hydrogens is 355 g/mol. The largest absolute Gasteiger partial charge is 0.511 e. The van der Waals surface area contributed by atoms with Gasteiger partial charge in [-0.25, -0.2) is 4.39 Å². The van der Waals surface area contributed by atoms with Crippen molar-refractivity contribution >= 4 is 5.78 Å². The first-order valence-corrected chi connectivity index (χ1v) is 10.1. The molecular formula is C24H25FO3. The third-order valence-corrected chi connectivity index (χ3v) is 7.05. The number of hydrogen-bond donors (Lipinski definition) is 1. The average Bonchev–Trinajstić information content (AvgIpc) is 3.29. The van der Waals surface area contributed by atoms with Crippen molar-refractivity contribution in [1.29, 1.82) is 0 Å². The lowest BCUT2D eigenvalue weighted by atomic mass is 9.72. The van der Waals surface area contributed by atoms with E-state index in [1.807, 2.05) is 6.92 Å². The van der Waals surface area contributed by atoms with Gasteiger partial charge in [-0.1, -0.05) is 30.7 Å². The van der Waals surface area contributed by atoms with E-state index in [-0.39, 0.29) is 53.2 Å². The van der Waals surface area contributed by atoms with Gasteiger partial charge in [0, 0.05) is 5.92 Å². The molecule has 1 aromatic rings. The molecule has 2 bridgehead atoms. The maximum Gasteiger partial charge on any atom is 0.173 e. The van der Waals surface area contributed by atoms with Crippen LogP contribution in [0.1, 0.15) is 45.1 Å². The van der Waals surface area contributed by atoms with Crippen LogP contribution in [0.3, 0.4) is 0 Å². The van der Waals surface area contributed by atoms with E-state index in [4.69, 9.17) is 4.74 Å². The number of ketones is 1. The van der Waals surface area contributed by atoms with Crippen molar-refractivity contribution in [2.24, 2.45) is 17.8 Å². The predicted molar refractivity (Wildman–Crippen MR) is 104 cm³/mol. The maximum absolute atomic E-state index is 13.3. The minimum Gasteiger partial charge on any atom is -0.511 e. The molecule has 6 atom stereocenters. The number of allylic oxidation sites excluding steroid dienone is 5. The Morgan fingerprint density at radius 2 is 1.86 bits per heavy atom. The number of halogens is 1. The Bertz CT molecular complexity index is 953. The Balaban J connectivity index is 1.54. The number of rotatable bonds is 2. The Morgan fingerprint density at radius 3 is 2.54 bits per heavy atom. The van der Waals surface area contributed by atoms with Crippen molar-refractivity contribution < 1.29 is 19.0 Å². The van der Waals surface area contributed by atoms with Crippen LogP contribution in [-0.2, 0) is 9.53 Å². The fraction of sp³-hybridized carbons (Fsp3) is 0.458. The number of ether oxygens (including phenoxy) is 1. The second kappa shape index (κ2) is 6.15. The van der Waals surface area contributed by atoms with E-state index in [9.17, 15) is 14.3 Å². The van der Waals surface area contributed by atoms with Crippen LogP contribution in [0.25, 0.3) is 0 Å². The molecule has 1 N–H and O–H groups in total. The van der Waals surface area contributed by atoms with Crippen LogP contribution in [-0.4, -0.2) is 23.1 Å². The van der Waals surface area contributed by atoms with E-state index in [1.54, 1.807) is 12.1 Å². The molecule has 0 radical (unpaired) electrons. The summed E-state index contributed by atoms with van der Waals surface area (Å²) < 4.78 is 19.5. The third kappa shape index (κ3) is 2.40. The zero-order valence-electron chi connectivity index (χ0n) is 16.4. The molecule has 2 aliphatic carbocycles. The first kappa shape index (κ1) is 17.9. The Labute approximate surface area is 164 Å². The van der Waals surface area contributed by atoms with Crippen LogP contribution < -0.4 is 0 Å². The van der Waals surface area contributed by atoms with Gasteiger partial charge in [0.1, 0.15) is 11.6 Å². The highest BCUT2D eigenvalue weighted by molar-refractivity contribution is 6.05. The number of benzene rings is 1. The van der Waals surface area contributed by atoms with Gasteiger partial charge in [-0.05, 0) is 61.4 Å². The number of carbonyl (C=O) groups is 1. The van der Waals surface area contributed by atoms with Crippen molar-refractivity contribution in [3.05, 3.63) is 69.8 Å². The molecule has 2 heterocycles. The zero-order chi connectivity index (χ0) is 19.7. The van der Waals surface area contributed by atoms with E-state index in [1.165, 1.54) is 17.7 Å². The summed E-state index contributed by atoms with van der Waals surface area (Å²) in [6.45, 7) is 6.27. The lowest BCUT2D eigenvalue weighted by Crippen LogP contribution is -2.33. The monoisotopic (exact) mass is 380 g/mol. The first-order chi connectivity index (χ1) is 13.4. The van der Waals surface area contributed by atoms with Gasteiger partial charge < -0.3 is 9.84 Å². The summed E-state index contributed by atoms with van der Waals surface area (Å²) in [7, 11) is 0. The van der Waals surface area contributed by atoms with Gasteiger partial charge in [0.05, 0.1) is 29.6 Å². The number of fused-ring (bicyclic) bond motifs is 5. The third-order valence-electron chi connectivity index (χ3n) is 7.05. The van der Waals surface area contributed by atoms with Gasteiger partial charge in [0.25, 0.3) is 0 Å². The van der Waals surface area contributed by atoms with Crippen LogP contribution in [0.5, 0.6) is 0 Å². The topological polar surface area (TPSA) is 46.5 Å². The molecule has 146 valence electrons. The van der Waals surface area contributed by atoms with Crippen molar-refractivity contribution in [3.8, 4) is 0 Å². The summed E-state index contributed by atoms with van der Waals surface area (Å²) in [5.41, 5.74) is 4.94. The van der Waals surface area contributed by atoms with Gasteiger partial charge in [-0.2, -0.15) is 0 Å². The van der Waals surface area contributed by atoms with Crippen LogP contribution >= 0.6 is 0 Å². The standard InChI is InChI=1S/C24H25FO3/c1-11-8-12(2)18(13(3)9-11)20-22(26)19-17-10-16(14-4-6-15(25)7-5-14)24(28-17)21(19)23(20)27/h4-8,13,16-17,19,21,24,27H,9-10H2,1-3H3/t13?,16-,17+,19+,21-,24-/m1/s1. The molecule has 0 spiro atoms. The Kier molecular flexibility index (Phi) is 3.92. The highest BCUT2D eigenvalue weighted by atomic mass is 19.1. The second-order valence-electron chi connectivity index (χ2n) is 8.90. The molecule has 5 rings (SSSR count). The van der Waals surface area contributed by atoms with Crippen molar-refractivity contribution in [3.63, 3.8) is 0 Å². The van der Waals surface area contributed by atoms with Gasteiger partial charge in [-0.15, -0.1) is 0 Å². The molecule has 2 saturated heterocycles. The van der Waals surface area contributed by atoms with Crippen molar-refractivity contribution in [2.75, 3.05) is 0 Å². The highest BCUT2D eigenvalue weighted by Gasteiger charge is 2.62. The highest BCUT2D eigenvalue weighted by Crippen LogP contribution is 2.58. The molecule has 4 aliphatic rings. The van der Waals surface area contributed by atoms with Gasteiger partial charge in [-0.3, -0.25) is 4.79 Å². The predicted octanol–water partition coefficient (Wildman–Crippen LogP) is 5.01. The summed E-state index contributed by atoms with van der Waals surface area (Å²) in [5, 5.41) is 11.2. The minimum absolute atomic E-state index is 0.0432. The van der Waals surface area contributed by atoms with Gasteiger partial charge >= 0.3 is 0 Å². The molecule has 1 aromatic carbocycles. The summed E-state index contributed by atoms with van der Waals surface area (Å²) >= 11 is 0. The number of hydrogen-bond acceptors (Lipinski definition) is 3. The van der Waals surface area contributed by atoms with E-state index < -0.39 is 0 Å². The van der Waals surface area contributed by atoms with Crippen molar-refractivity contribution in [1.82, 2.24) is 0 Å². The second-order valence-corrected chi connectivity index (χ2v) is 8.90. The van der Waals surface area contributed by atoms with Crippen LogP contribution in [0.4, 0.5) is 4.39 Å². The molecule has 3 nitrogen and oxygen atoms in total. The zero-order valence-corrected chi connectivity index (χ0v) is 16.4. The quantitative estimate of drug-likeness (QED) is 0.784. The molecule has 2 aliphatic heterocycles. The van der Waals surface area contributed by atoms with Crippen LogP contribution in [0.15, 0.2) is 58.4 Å². The molecule has 0 amide bonds. The van der Waals surface area contributed by atoms with Crippen LogP contribution in [0, 0.1) is 23.6 Å². The summed E-state index contributed by atoms with van der Waals surface area (Å²) in [5.74, 6) is -0.264. The smallest absolute Gasteiger partial charge is 0.173 e. The van der Waals surface area contributed by atoms with Gasteiger partial charge in [0.15, 0.2) is 5.78 Å². The molecule has 28 heavy (non-hydrogen) atoms. The lowest BCUT2D eigenvalue weighted by molar-refractivity contribution is -0.120. The van der Waals surface area contributed by atoms with E-state index in [0.717, 1.165) is 29.6 Å². The number of carbonyl (C=O) groups excluding carboxylic acids is 1. The fourth-order valence-corrected chi connectivity index (χ4v) is 6.09. The maximum atomic E-state index is 13.3. The van der Waals surface area contributed by atoms with E-state index in [2.05, 4.69) is 19.9 Å². The first-order valence-electron chi connectivity index (χ1n) is 10.1. The Morgan fingerprint density at radius 1 is 1.14 bits per heavy atom. The van der Waals surface area contributed by atoms with E-state index >= 15 is 0 Å². The molecule has 2 fully saturated rings. The number of aliphatic hydroxyl groups is 1. The molecule has 0 aromatic heterocycles. The van der Waals surface area contributed by atoms with E-state index in [0.29, 0.717) is 5.57 Å². The fourth-order valence-electron chi connectivity index (χ4n) is 6.09. The average molecular weight is 380 g/mol. The SMILES string of the molecule is CC1=CC(C)=C(C2=C(O)[C@@H]3[C@@H]4O[C@@H](C[C@@H]4c4ccc(F)cc4)[C@@H]3C2=O)C(C)C1.